The fourth-order valence-corrected chi connectivity index (χ4v) is 3.58. The SMILES string of the molecule is NC(=O)c1ccsc1NC(=O)Cn1cnc2c(Cl)cc(Cl)cc2c1=O. The summed E-state index contributed by atoms with van der Waals surface area (Å²) in [7, 11) is 0. The number of fused-ring (bicyclic) bond motifs is 1. The Hall–Kier alpha value is -2.42. The first kappa shape index (κ1) is 17.4. The topological polar surface area (TPSA) is 107 Å². The van der Waals surface area contributed by atoms with Crippen molar-refractivity contribution in [1.82, 2.24) is 9.55 Å². The summed E-state index contributed by atoms with van der Waals surface area (Å²) in [6.07, 6.45) is 1.23. The maximum Gasteiger partial charge on any atom is 0.261 e. The molecule has 3 aromatic rings. The van der Waals surface area contributed by atoms with E-state index in [9.17, 15) is 14.4 Å². The van der Waals surface area contributed by atoms with Gasteiger partial charge in [-0.25, -0.2) is 4.98 Å². The molecule has 0 spiro atoms. The zero-order chi connectivity index (χ0) is 18.1. The third kappa shape index (κ3) is 3.51. The Bertz CT molecular complexity index is 1060. The van der Waals surface area contributed by atoms with Gasteiger partial charge in [0.2, 0.25) is 5.91 Å². The lowest BCUT2D eigenvalue weighted by molar-refractivity contribution is -0.116. The second kappa shape index (κ2) is 6.83. The number of aromatic nitrogens is 2. The van der Waals surface area contributed by atoms with Crippen LogP contribution < -0.4 is 16.6 Å². The summed E-state index contributed by atoms with van der Waals surface area (Å²) < 4.78 is 1.13. The number of nitrogens with two attached hydrogens (primary N) is 1. The molecule has 0 bridgehead atoms. The number of benzene rings is 1. The van der Waals surface area contributed by atoms with Crippen LogP contribution in [0.15, 0.2) is 34.7 Å². The van der Waals surface area contributed by atoms with Gasteiger partial charge in [-0.2, -0.15) is 0 Å². The van der Waals surface area contributed by atoms with Crippen molar-refractivity contribution >= 4 is 62.3 Å². The van der Waals surface area contributed by atoms with Crippen molar-refractivity contribution < 1.29 is 9.59 Å². The van der Waals surface area contributed by atoms with Gasteiger partial charge in [-0.3, -0.25) is 19.0 Å². The minimum atomic E-state index is -0.648. The van der Waals surface area contributed by atoms with Gasteiger partial charge >= 0.3 is 0 Å². The Morgan fingerprint density at radius 3 is 2.80 bits per heavy atom. The zero-order valence-electron chi connectivity index (χ0n) is 12.5. The summed E-state index contributed by atoms with van der Waals surface area (Å²) in [4.78, 5) is 40.1. The molecule has 2 amide bonds. The van der Waals surface area contributed by atoms with Crippen molar-refractivity contribution in [2.75, 3.05) is 5.32 Å². The zero-order valence-corrected chi connectivity index (χ0v) is 14.8. The number of primary amides is 1. The fourth-order valence-electron chi connectivity index (χ4n) is 2.23. The van der Waals surface area contributed by atoms with Gasteiger partial charge in [0.05, 0.1) is 27.8 Å². The van der Waals surface area contributed by atoms with Crippen molar-refractivity contribution in [2.45, 2.75) is 6.54 Å². The summed E-state index contributed by atoms with van der Waals surface area (Å²) >= 11 is 13.1. The van der Waals surface area contributed by atoms with E-state index >= 15 is 0 Å². The number of carbonyl (C=O) groups is 2. The molecule has 0 atom stereocenters. The molecular weight excluding hydrogens is 387 g/mol. The maximum absolute atomic E-state index is 12.5. The molecule has 0 saturated carbocycles. The second-order valence-electron chi connectivity index (χ2n) is 5.04. The highest BCUT2D eigenvalue weighted by Gasteiger charge is 2.15. The van der Waals surface area contributed by atoms with Crippen molar-refractivity contribution in [1.29, 1.82) is 0 Å². The van der Waals surface area contributed by atoms with Crippen LogP contribution in [0.1, 0.15) is 10.4 Å². The minimum absolute atomic E-state index is 0.209. The average Bonchev–Trinajstić information content (AvgIpc) is 2.98. The fraction of sp³-hybridized carbons (Fsp3) is 0.0667. The highest BCUT2D eigenvalue weighted by Crippen LogP contribution is 2.24. The summed E-state index contributed by atoms with van der Waals surface area (Å²) in [5, 5.41) is 5.27. The predicted octanol–water partition coefficient (Wildman–Crippen LogP) is 2.50. The molecule has 3 rings (SSSR count). The quantitative estimate of drug-likeness (QED) is 0.705. The third-order valence-electron chi connectivity index (χ3n) is 3.34. The highest BCUT2D eigenvalue weighted by molar-refractivity contribution is 7.14. The van der Waals surface area contributed by atoms with E-state index in [1.54, 1.807) is 5.38 Å². The second-order valence-corrected chi connectivity index (χ2v) is 6.80. The van der Waals surface area contributed by atoms with Crippen LogP contribution >= 0.6 is 34.5 Å². The first-order chi connectivity index (χ1) is 11.9. The Balaban J connectivity index is 1.89. The lowest BCUT2D eigenvalue weighted by atomic mass is 10.2. The van der Waals surface area contributed by atoms with Crippen molar-refractivity contribution in [3.63, 3.8) is 0 Å². The molecular formula is C15H10Cl2N4O3S. The Kier molecular flexibility index (Phi) is 4.76. The summed E-state index contributed by atoms with van der Waals surface area (Å²) in [6.45, 7) is -0.290. The first-order valence-electron chi connectivity index (χ1n) is 6.88. The molecule has 2 heterocycles. The molecule has 128 valence electrons. The number of hydrogen-bond acceptors (Lipinski definition) is 5. The number of nitrogens with zero attached hydrogens (tertiary/aromatic N) is 2. The number of rotatable bonds is 4. The number of thiophene rings is 1. The van der Waals surface area contributed by atoms with Crippen LogP contribution in [0, 0.1) is 0 Å². The summed E-state index contributed by atoms with van der Waals surface area (Å²) in [5.41, 5.74) is 5.29. The van der Waals surface area contributed by atoms with Crippen molar-refractivity contribution in [3.05, 3.63) is 55.9 Å². The average molecular weight is 397 g/mol. The van der Waals surface area contributed by atoms with E-state index in [0.717, 1.165) is 15.9 Å². The Labute approximate surface area is 155 Å². The third-order valence-corrected chi connectivity index (χ3v) is 4.68. The van der Waals surface area contributed by atoms with Crippen molar-refractivity contribution in [3.8, 4) is 0 Å². The number of halogens is 2. The van der Waals surface area contributed by atoms with Crippen LogP contribution in [0.4, 0.5) is 5.00 Å². The Morgan fingerprint density at radius 1 is 1.32 bits per heavy atom. The number of anilines is 1. The van der Waals surface area contributed by atoms with Crippen LogP contribution in [0.5, 0.6) is 0 Å². The molecule has 0 aliphatic rings. The molecule has 3 N–H and O–H groups in total. The summed E-state index contributed by atoms with van der Waals surface area (Å²) in [6, 6.07) is 4.43. The van der Waals surface area contributed by atoms with Gasteiger partial charge in [-0.15, -0.1) is 11.3 Å². The summed E-state index contributed by atoms with van der Waals surface area (Å²) in [5.74, 6) is -1.15. The predicted molar refractivity (Wildman–Crippen MR) is 97.5 cm³/mol. The van der Waals surface area contributed by atoms with Gasteiger partial charge < -0.3 is 11.1 Å². The van der Waals surface area contributed by atoms with Crippen LogP contribution in [-0.2, 0) is 11.3 Å². The van der Waals surface area contributed by atoms with E-state index in [1.807, 2.05) is 0 Å². The number of nitrogens with one attached hydrogen (secondary N) is 1. The normalized spacial score (nSPS) is 10.8. The molecule has 0 unspecified atom stereocenters. The van der Waals surface area contributed by atoms with Gasteiger partial charge in [-0.05, 0) is 23.6 Å². The van der Waals surface area contributed by atoms with Crippen LogP contribution in [0.2, 0.25) is 10.0 Å². The standard InChI is InChI=1S/C15H10Cl2N4O3S/c16-7-3-9-12(10(17)4-7)19-6-21(15(9)24)5-11(22)20-14-8(13(18)23)1-2-25-14/h1-4,6H,5H2,(H2,18,23)(H,20,22). The number of carbonyl (C=O) groups excluding carboxylic acids is 2. The van der Waals surface area contributed by atoms with E-state index in [2.05, 4.69) is 10.3 Å². The molecule has 0 saturated heterocycles. The van der Waals surface area contributed by atoms with Crippen LogP contribution in [0.25, 0.3) is 10.9 Å². The molecule has 0 aliphatic carbocycles. The van der Waals surface area contributed by atoms with Gasteiger partial charge in [0, 0.05) is 5.02 Å². The van der Waals surface area contributed by atoms with E-state index in [-0.39, 0.29) is 22.5 Å². The van der Waals surface area contributed by atoms with Crippen LogP contribution in [-0.4, -0.2) is 21.4 Å². The van der Waals surface area contributed by atoms with Gasteiger partial charge in [0.1, 0.15) is 11.5 Å². The van der Waals surface area contributed by atoms with Crippen molar-refractivity contribution in [2.24, 2.45) is 5.73 Å². The molecule has 0 fully saturated rings. The first-order valence-corrected chi connectivity index (χ1v) is 8.51. The van der Waals surface area contributed by atoms with E-state index in [0.29, 0.717) is 15.5 Å². The monoisotopic (exact) mass is 396 g/mol. The smallest absolute Gasteiger partial charge is 0.261 e. The van der Waals surface area contributed by atoms with E-state index < -0.39 is 17.4 Å². The molecule has 7 nitrogen and oxygen atoms in total. The minimum Gasteiger partial charge on any atom is -0.366 e. The molecule has 10 heteroatoms. The molecule has 0 aliphatic heterocycles. The van der Waals surface area contributed by atoms with E-state index in [4.69, 9.17) is 28.9 Å². The van der Waals surface area contributed by atoms with Crippen LogP contribution in [0.3, 0.4) is 0 Å². The molecule has 2 aromatic heterocycles. The lowest BCUT2D eigenvalue weighted by Crippen LogP contribution is -2.28. The lowest BCUT2D eigenvalue weighted by Gasteiger charge is -2.08. The molecule has 25 heavy (non-hydrogen) atoms. The molecule has 0 radical (unpaired) electrons. The molecule has 1 aromatic carbocycles. The Morgan fingerprint density at radius 2 is 2.08 bits per heavy atom. The number of hydrogen-bond donors (Lipinski definition) is 2. The van der Waals surface area contributed by atoms with Gasteiger partial charge in [0.15, 0.2) is 0 Å². The highest BCUT2D eigenvalue weighted by atomic mass is 35.5. The van der Waals surface area contributed by atoms with Gasteiger partial charge in [0.25, 0.3) is 11.5 Å². The largest absolute Gasteiger partial charge is 0.366 e. The van der Waals surface area contributed by atoms with Gasteiger partial charge in [-0.1, -0.05) is 23.2 Å². The maximum atomic E-state index is 12.5. The van der Waals surface area contributed by atoms with E-state index in [1.165, 1.54) is 24.5 Å². The number of amides is 2.